The standard InChI is InChI=1S/C11H20N2S/c12-8-11(6-3-7-14-9-11)13-10-4-1-2-5-10/h1-2,10,13H,3-9,12H2. The Kier molecular flexibility index (Phi) is 3.52. The summed E-state index contributed by atoms with van der Waals surface area (Å²) in [6, 6.07) is 0.650. The molecule has 1 fully saturated rings. The molecule has 0 aromatic heterocycles. The van der Waals surface area contributed by atoms with Crippen LogP contribution in [0.1, 0.15) is 25.7 Å². The fraction of sp³-hybridized carbons (Fsp3) is 0.818. The number of rotatable bonds is 3. The number of hydrogen-bond acceptors (Lipinski definition) is 3. The van der Waals surface area contributed by atoms with Crippen LogP contribution in [-0.2, 0) is 0 Å². The van der Waals surface area contributed by atoms with E-state index in [2.05, 4.69) is 17.5 Å². The van der Waals surface area contributed by atoms with Crippen LogP contribution in [0.3, 0.4) is 0 Å². The van der Waals surface area contributed by atoms with Crippen LogP contribution in [0.2, 0.25) is 0 Å². The van der Waals surface area contributed by atoms with Gasteiger partial charge in [-0.2, -0.15) is 11.8 Å². The molecular weight excluding hydrogens is 192 g/mol. The van der Waals surface area contributed by atoms with Gasteiger partial charge in [-0.15, -0.1) is 0 Å². The predicted octanol–water partition coefficient (Wildman–Crippen LogP) is 1.52. The van der Waals surface area contributed by atoms with E-state index < -0.39 is 0 Å². The van der Waals surface area contributed by atoms with Crippen molar-refractivity contribution < 1.29 is 0 Å². The highest BCUT2D eigenvalue weighted by molar-refractivity contribution is 7.99. The van der Waals surface area contributed by atoms with Crippen molar-refractivity contribution in [3.8, 4) is 0 Å². The molecule has 80 valence electrons. The van der Waals surface area contributed by atoms with Gasteiger partial charge in [0.1, 0.15) is 0 Å². The molecule has 0 bridgehead atoms. The highest BCUT2D eigenvalue weighted by Crippen LogP contribution is 2.27. The lowest BCUT2D eigenvalue weighted by Gasteiger charge is -2.39. The summed E-state index contributed by atoms with van der Waals surface area (Å²) >= 11 is 2.05. The topological polar surface area (TPSA) is 38.0 Å². The lowest BCUT2D eigenvalue weighted by Crippen LogP contribution is -2.57. The molecule has 1 heterocycles. The zero-order valence-corrected chi connectivity index (χ0v) is 9.48. The van der Waals surface area contributed by atoms with Crippen LogP contribution < -0.4 is 11.1 Å². The first-order valence-electron chi connectivity index (χ1n) is 5.55. The quantitative estimate of drug-likeness (QED) is 0.697. The molecule has 0 spiro atoms. The third kappa shape index (κ3) is 2.33. The minimum atomic E-state index is 0.236. The second-order valence-electron chi connectivity index (χ2n) is 4.42. The first kappa shape index (κ1) is 10.5. The molecular formula is C11H20N2S. The second kappa shape index (κ2) is 4.69. The van der Waals surface area contributed by atoms with Gasteiger partial charge in [0.2, 0.25) is 0 Å². The van der Waals surface area contributed by atoms with Gasteiger partial charge < -0.3 is 11.1 Å². The van der Waals surface area contributed by atoms with Crippen LogP contribution in [0.5, 0.6) is 0 Å². The van der Waals surface area contributed by atoms with Gasteiger partial charge >= 0.3 is 0 Å². The highest BCUT2D eigenvalue weighted by atomic mass is 32.2. The monoisotopic (exact) mass is 212 g/mol. The molecule has 0 aromatic carbocycles. The van der Waals surface area contributed by atoms with E-state index in [-0.39, 0.29) is 5.54 Å². The van der Waals surface area contributed by atoms with Crippen molar-refractivity contribution in [2.75, 3.05) is 18.1 Å². The number of hydrogen-bond donors (Lipinski definition) is 2. The Balaban J connectivity index is 1.90. The van der Waals surface area contributed by atoms with E-state index >= 15 is 0 Å². The Bertz CT molecular complexity index is 201. The molecule has 3 heteroatoms. The molecule has 0 saturated carbocycles. The van der Waals surface area contributed by atoms with E-state index in [9.17, 15) is 0 Å². The normalized spacial score (nSPS) is 33.8. The maximum Gasteiger partial charge on any atom is 0.0397 e. The van der Waals surface area contributed by atoms with Gasteiger partial charge in [0.05, 0.1) is 0 Å². The van der Waals surface area contributed by atoms with Crippen LogP contribution in [-0.4, -0.2) is 29.6 Å². The van der Waals surface area contributed by atoms with Crippen LogP contribution in [0.15, 0.2) is 12.2 Å². The minimum Gasteiger partial charge on any atom is -0.329 e. The fourth-order valence-electron chi connectivity index (χ4n) is 2.35. The summed E-state index contributed by atoms with van der Waals surface area (Å²) in [4.78, 5) is 0. The molecule has 3 N–H and O–H groups in total. The van der Waals surface area contributed by atoms with Gasteiger partial charge in [0, 0.05) is 23.9 Å². The number of nitrogens with two attached hydrogens (primary N) is 1. The maximum atomic E-state index is 5.92. The van der Waals surface area contributed by atoms with E-state index in [4.69, 9.17) is 5.73 Å². The van der Waals surface area contributed by atoms with Gasteiger partial charge in [0.25, 0.3) is 0 Å². The zero-order chi connectivity index (χ0) is 9.86. The average molecular weight is 212 g/mol. The Morgan fingerprint density at radius 3 is 2.79 bits per heavy atom. The molecule has 1 aliphatic carbocycles. The van der Waals surface area contributed by atoms with Crippen molar-refractivity contribution in [1.82, 2.24) is 5.32 Å². The third-order valence-electron chi connectivity index (χ3n) is 3.23. The van der Waals surface area contributed by atoms with Gasteiger partial charge in [0.15, 0.2) is 0 Å². The van der Waals surface area contributed by atoms with Crippen molar-refractivity contribution in [2.45, 2.75) is 37.3 Å². The van der Waals surface area contributed by atoms with Crippen molar-refractivity contribution >= 4 is 11.8 Å². The predicted molar refractivity (Wildman–Crippen MR) is 63.6 cm³/mol. The zero-order valence-electron chi connectivity index (χ0n) is 8.67. The number of thioether (sulfide) groups is 1. The van der Waals surface area contributed by atoms with Crippen molar-refractivity contribution in [3.63, 3.8) is 0 Å². The molecule has 2 aliphatic rings. The minimum absolute atomic E-state index is 0.236. The first-order valence-corrected chi connectivity index (χ1v) is 6.71. The lowest BCUT2D eigenvalue weighted by molar-refractivity contribution is 0.299. The van der Waals surface area contributed by atoms with Crippen LogP contribution >= 0.6 is 11.8 Å². The lowest BCUT2D eigenvalue weighted by atomic mass is 9.94. The van der Waals surface area contributed by atoms with Crippen molar-refractivity contribution in [3.05, 3.63) is 12.2 Å². The Labute approximate surface area is 90.7 Å². The Hall–Kier alpha value is 0.01000. The largest absolute Gasteiger partial charge is 0.329 e. The van der Waals surface area contributed by atoms with E-state index in [0.29, 0.717) is 6.04 Å². The summed E-state index contributed by atoms with van der Waals surface area (Å²) in [7, 11) is 0. The van der Waals surface area contributed by atoms with Gasteiger partial charge in [-0.05, 0) is 31.4 Å². The average Bonchev–Trinajstić information content (AvgIpc) is 2.72. The molecule has 1 unspecified atom stereocenters. The molecule has 0 aromatic rings. The molecule has 0 amide bonds. The Morgan fingerprint density at radius 2 is 2.21 bits per heavy atom. The summed E-state index contributed by atoms with van der Waals surface area (Å²) in [5, 5.41) is 3.77. The maximum absolute atomic E-state index is 5.92. The van der Waals surface area contributed by atoms with Gasteiger partial charge in [-0.3, -0.25) is 0 Å². The molecule has 2 rings (SSSR count). The third-order valence-corrected chi connectivity index (χ3v) is 4.57. The van der Waals surface area contributed by atoms with Crippen molar-refractivity contribution in [2.24, 2.45) is 5.73 Å². The first-order chi connectivity index (χ1) is 6.85. The van der Waals surface area contributed by atoms with Crippen LogP contribution in [0.4, 0.5) is 0 Å². The summed E-state index contributed by atoms with van der Waals surface area (Å²) < 4.78 is 0. The van der Waals surface area contributed by atoms with E-state index in [0.717, 1.165) is 6.54 Å². The fourth-order valence-corrected chi connectivity index (χ4v) is 3.58. The van der Waals surface area contributed by atoms with Crippen LogP contribution in [0.25, 0.3) is 0 Å². The summed E-state index contributed by atoms with van der Waals surface area (Å²) in [6.07, 6.45) is 9.50. The molecule has 14 heavy (non-hydrogen) atoms. The Morgan fingerprint density at radius 1 is 1.43 bits per heavy atom. The molecule has 0 radical (unpaired) electrons. The highest BCUT2D eigenvalue weighted by Gasteiger charge is 2.32. The van der Waals surface area contributed by atoms with Crippen molar-refractivity contribution in [1.29, 1.82) is 0 Å². The summed E-state index contributed by atoms with van der Waals surface area (Å²) in [5.41, 5.74) is 6.16. The summed E-state index contributed by atoms with van der Waals surface area (Å²) in [5.74, 6) is 2.51. The van der Waals surface area contributed by atoms with E-state index in [1.165, 1.54) is 37.2 Å². The van der Waals surface area contributed by atoms with Crippen LogP contribution in [0, 0.1) is 0 Å². The smallest absolute Gasteiger partial charge is 0.0397 e. The van der Waals surface area contributed by atoms with E-state index in [1.807, 2.05) is 11.8 Å². The second-order valence-corrected chi connectivity index (χ2v) is 5.53. The molecule has 2 nitrogen and oxygen atoms in total. The van der Waals surface area contributed by atoms with Gasteiger partial charge in [-0.1, -0.05) is 12.2 Å². The van der Waals surface area contributed by atoms with Gasteiger partial charge in [-0.25, -0.2) is 0 Å². The molecule has 1 atom stereocenters. The van der Waals surface area contributed by atoms with E-state index in [1.54, 1.807) is 0 Å². The molecule has 1 saturated heterocycles. The SMILES string of the molecule is NCC1(NC2CC=CC2)CCCSC1. The number of nitrogens with one attached hydrogen (secondary N) is 1. The molecule has 1 aliphatic heterocycles. The summed E-state index contributed by atoms with van der Waals surface area (Å²) in [6.45, 7) is 0.788.